The highest BCUT2D eigenvalue weighted by Gasteiger charge is 2.13. The van der Waals surface area contributed by atoms with Gasteiger partial charge in [-0.25, -0.2) is 4.98 Å². The van der Waals surface area contributed by atoms with Crippen molar-refractivity contribution in [2.75, 3.05) is 18.5 Å². The van der Waals surface area contributed by atoms with Crippen LogP contribution in [-0.4, -0.2) is 24.4 Å². The average molecular weight is 234 g/mol. The number of hydrogen-bond acceptors (Lipinski definition) is 3. The smallest absolute Gasteiger partial charge is 0.139 e. The molecule has 0 spiro atoms. The van der Waals surface area contributed by atoms with Gasteiger partial charge in [-0.15, -0.1) is 0 Å². The maximum Gasteiger partial charge on any atom is 0.139 e. The first-order chi connectivity index (χ1) is 7.95. The largest absolute Gasteiger partial charge is 0.384 e. The molecular weight excluding hydrogens is 212 g/mol. The number of aromatic nitrogens is 1. The van der Waals surface area contributed by atoms with Crippen molar-refractivity contribution in [3.63, 3.8) is 0 Å². The van der Waals surface area contributed by atoms with Gasteiger partial charge >= 0.3 is 0 Å². The van der Waals surface area contributed by atoms with Crippen molar-refractivity contribution in [1.82, 2.24) is 4.98 Å². The van der Waals surface area contributed by atoms with E-state index in [1.807, 2.05) is 26.1 Å². The molecule has 1 unspecified atom stereocenters. The molecule has 1 heterocycles. The van der Waals surface area contributed by atoms with Crippen LogP contribution >= 0.6 is 0 Å². The minimum Gasteiger partial charge on any atom is -0.384 e. The van der Waals surface area contributed by atoms with Crippen molar-refractivity contribution < 1.29 is 0 Å². The van der Waals surface area contributed by atoms with Crippen LogP contribution in [0.3, 0.4) is 0 Å². The fourth-order valence-corrected chi connectivity index (χ4v) is 1.73. The number of amidine groups is 1. The summed E-state index contributed by atoms with van der Waals surface area (Å²) < 4.78 is 0. The van der Waals surface area contributed by atoms with E-state index >= 15 is 0 Å². The summed E-state index contributed by atoms with van der Waals surface area (Å²) in [5.74, 6) is 1.48. The van der Waals surface area contributed by atoms with E-state index in [0.29, 0.717) is 11.5 Å². The van der Waals surface area contributed by atoms with Crippen molar-refractivity contribution in [3.05, 3.63) is 23.4 Å². The molecule has 0 aliphatic rings. The molecule has 4 nitrogen and oxygen atoms in total. The van der Waals surface area contributed by atoms with Gasteiger partial charge in [-0.3, -0.25) is 5.41 Å². The normalized spacial score (nSPS) is 12.2. The SMILES string of the molecule is CCC(C)CN(C)c1nc(C)ccc1C(=N)N. The molecule has 0 aliphatic heterocycles. The first-order valence-corrected chi connectivity index (χ1v) is 5.98. The van der Waals surface area contributed by atoms with Gasteiger partial charge in [0.2, 0.25) is 0 Å². The molecule has 1 aromatic rings. The van der Waals surface area contributed by atoms with E-state index in [2.05, 4.69) is 23.7 Å². The predicted molar refractivity (Wildman–Crippen MR) is 72.7 cm³/mol. The van der Waals surface area contributed by atoms with Gasteiger partial charge in [0.1, 0.15) is 11.7 Å². The Bertz CT molecular complexity index is 400. The molecule has 0 radical (unpaired) electrons. The van der Waals surface area contributed by atoms with Gasteiger partial charge in [0.15, 0.2) is 0 Å². The van der Waals surface area contributed by atoms with Gasteiger partial charge in [0, 0.05) is 19.3 Å². The Labute approximate surface area is 103 Å². The molecule has 0 saturated carbocycles. The third-order valence-corrected chi connectivity index (χ3v) is 2.95. The Morgan fingerprint density at radius 3 is 2.71 bits per heavy atom. The lowest BCUT2D eigenvalue weighted by Gasteiger charge is -2.24. The van der Waals surface area contributed by atoms with E-state index < -0.39 is 0 Å². The quantitative estimate of drug-likeness (QED) is 0.606. The Kier molecular flexibility index (Phi) is 4.49. The molecule has 0 amide bonds. The van der Waals surface area contributed by atoms with Crippen LogP contribution in [0.15, 0.2) is 12.1 Å². The lowest BCUT2D eigenvalue weighted by molar-refractivity contribution is 0.557. The number of nitrogens with zero attached hydrogens (tertiary/aromatic N) is 2. The van der Waals surface area contributed by atoms with Crippen molar-refractivity contribution in [3.8, 4) is 0 Å². The number of rotatable bonds is 5. The second-order valence-electron chi connectivity index (χ2n) is 4.63. The van der Waals surface area contributed by atoms with Crippen LogP contribution in [0.25, 0.3) is 0 Å². The number of aryl methyl sites for hydroxylation is 1. The summed E-state index contributed by atoms with van der Waals surface area (Å²) in [4.78, 5) is 6.57. The molecular formula is C13H22N4. The predicted octanol–water partition coefficient (Wildman–Crippen LogP) is 2.16. The molecule has 17 heavy (non-hydrogen) atoms. The highest BCUT2D eigenvalue weighted by Crippen LogP contribution is 2.18. The average Bonchev–Trinajstić information content (AvgIpc) is 2.28. The van der Waals surface area contributed by atoms with Crippen LogP contribution in [0.4, 0.5) is 5.82 Å². The fraction of sp³-hybridized carbons (Fsp3) is 0.538. The summed E-state index contributed by atoms with van der Waals surface area (Å²) >= 11 is 0. The summed E-state index contributed by atoms with van der Waals surface area (Å²) in [5, 5.41) is 7.58. The van der Waals surface area contributed by atoms with Crippen molar-refractivity contribution in [2.24, 2.45) is 11.7 Å². The highest BCUT2D eigenvalue weighted by molar-refractivity contribution is 5.99. The van der Waals surface area contributed by atoms with E-state index in [1.165, 1.54) is 0 Å². The lowest BCUT2D eigenvalue weighted by atomic mass is 10.1. The molecule has 0 aliphatic carbocycles. The van der Waals surface area contributed by atoms with Crippen molar-refractivity contribution in [2.45, 2.75) is 27.2 Å². The third-order valence-electron chi connectivity index (χ3n) is 2.95. The third kappa shape index (κ3) is 3.44. The van der Waals surface area contributed by atoms with Crippen molar-refractivity contribution >= 4 is 11.7 Å². The molecule has 0 aromatic carbocycles. The molecule has 1 atom stereocenters. The van der Waals surface area contributed by atoms with Gasteiger partial charge in [0.05, 0.1) is 5.56 Å². The summed E-state index contributed by atoms with van der Waals surface area (Å²) in [7, 11) is 2.00. The lowest BCUT2D eigenvalue weighted by Crippen LogP contribution is -2.28. The number of hydrogen-bond donors (Lipinski definition) is 2. The monoisotopic (exact) mass is 234 g/mol. The molecule has 1 rings (SSSR count). The van der Waals surface area contributed by atoms with Gasteiger partial charge in [-0.05, 0) is 25.0 Å². The second-order valence-corrected chi connectivity index (χ2v) is 4.63. The summed E-state index contributed by atoms with van der Waals surface area (Å²) in [6.07, 6.45) is 1.13. The van der Waals surface area contributed by atoms with Crippen LogP contribution < -0.4 is 10.6 Å². The van der Waals surface area contributed by atoms with E-state index in [1.54, 1.807) is 0 Å². The standard InChI is InChI=1S/C13H22N4/c1-5-9(2)8-17(4)13-11(12(14)15)7-6-10(3)16-13/h6-7,9H,5,8H2,1-4H3,(H3,14,15). The first-order valence-electron chi connectivity index (χ1n) is 5.98. The number of nitrogens with two attached hydrogens (primary N) is 1. The minimum absolute atomic E-state index is 0.0727. The molecule has 3 N–H and O–H groups in total. The maximum absolute atomic E-state index is 7.58. The fourth-order valence-electron chi connectivity index (χ4n) is 1.73. The zero-order valence-corrected chi connectivity index (χ0v) is 11.1. The van der Waals surface area contributed by atoms with Gasteiger partial charge in [-0.2, -0.15) is 0 Å². The number of nitrogens with one attached hydrogen (secondary N) is 1. The summed E-state index contributed by atoms with van der Waals surface area (Å²) in [6, 6.07) is 3.75. The molecule has 94 valence electrons. The Morgan fingerprint density at radius 2 is 2.18 bits per heavy atom. The number of anilines is 1. The van der Waals surface area contributed by atoms with Crippen LogP contribution in [0.2, 0.25) is 0 Å². The first kappa shape index (κ1) is 13.5. The Balaban J connectivity index is 3.02. The van der Waals surface area contributed by atoms with Crippen LogP contribution in [0.1, 0.15) is 31.5 Å². The molecule has 0 saturated heterocycles. The van der Waals surface area contributed by atoms with Crippen LogP contribution in [0.5, 0.6) is 0 Å². The minimum atomic E-state index is 0.0727. The van der Waals surface area contributed by atoms with E-state index in [4.69, 9.17) is 11.1 Å². The highest BCUT2D eigenvalue weighted by atomic mass is 15.2. The second kappa shape index (κ2) is 5.66. The van der Waals surface area contributed by atoms with Crippen LogP contribution in [-0.2, 0) is 0 Å². The summed E-state index contributed by atoms with van der Waals surface area (Å²) in [5.41, 5.74) is 7.24. The van der Waals surface area contributed by atoms with Crippen LogP contribution in [0, 0.1) is 18.3 Å². The zero-order valence-electron chi connectivity index (χ0n) is 11.1. The number of nitrogen functional groups attached to an aromatic ring is 1. The molecule has 4 heteroatoms. The Morgan fingerprint density at radius 1 is 1.53 bits per heavy atom. The molecule has 0 bridgehead atoms. The number of pyridine rings is 1. The Hall–Kier alpha value is -1.58. The maximum atomic E-state index is 7.58. The van der Waals surface area contributed by atoms with Gasteiger partial charge in [0.25, 0.3) is 0 Å². The molecule has 1 aromatic heterocycles. The van der Waals surface area contributed by atoms with Crippen molar-refractivity contribution in [1.29, 1.82) is 5.41 Å². The summed E-state index contributed by atoms with van der Waals surface area (Å²) in [6.45, 7) is 7.26. The van der Waals surface area contributed by atoms with Gasteiger partial charge in [-0.1, -0.05) is 20.3 Å². The zero-order chi connectivity index (χ0) is 13.0. The van der Waals surface area contributed by atoms with E-state index in [0.717, 1.165) is 24.5 Å². The van der Waals surface area contributed by atoms with E-state index in [-0.39, 0.29) is 5.84 Å². The molecule has 0 fully saturated rings. The van der Waals surface area contributed by atoms with E-state index in [9.17, 15) is 0 Å². The topological polar surface area (TPSA) is 66.0 Å². The van der Waals surface area contributed by atoms with Gasteiger partial charge < -0.3 is 10.6 Å².